The molecular formula is C23H29N4O3+. The van der Waals surface area contributed by atoms with Crippen LogP contribution in [-0.2, 0) is 0 Å². The summed E-state index contributed by atoms with van der Waals surface area (Å²) in [6.45, 7) is 9.98. The van der Waals surface area contributed by atoms with E-state index in [2.05, 4.69) is 16.1 Å². The van der Waals surface area contributed by atoms with Gasteiger partial charge in [-0.25, -0.2) is 0 Å². The molecular weight excluding hydrogens is 380 g/mol. The number of ketones is 1. The van der Waals surface area contributed by atoms with Crippen molar-refractivity contribution in [2.24, 2.45) is 0 Å². The Bertz CT molecular complexity index is 1040. The highest BCUT2D eigenvalue weighted by Crippen LogP contribution is 2.27. The highest BCUT2D eigenvalue weighted by Gasteiger charge is 2.26. The molecule has 0 spiro atoms. The van der Waals surface area contributed by atoms with Gasteiger partial charge in [0.1, 0.15) is 18.1 Å². The number of Topliss-reactive ketones (excluding diaryl/α,β-unsaturated/α-hetero) is 1. The zero-order valence-electron chi connectivity index (χ0n) is 18.1. The number of nitrogens with one attached hydrogen (secondary N) is 1. The Hall–Kier alpha value is -3.06. The predicted octanol–water partition coefficient (Wildman–Crippen LogP) is 1.99. The average Bonchev–Trinajstić information content (AvgIpc) is 3.30. The zero-order chi connectivity index (χ0) is 21.3. The Kier molecular flexibility index (Phi) is 5.63. The minimum atomic E-state index is 0.176. The molecule has 3 aromatic rings. The number of methoxy groups -OCH3 is 1. The van der Waals surface area contributed by atoms with Crippen LogP contribution in [0.25, 0.3) is 5.82 Å². The number of aromatic nitrogens is 2. The van der Waals surface area contributed by atoms with Crippen LogP contribution >= 0.6 is 0 Å². The van der Waals surface area contributed by atoms with Crippen LogP contribution in [-0.4, -0.2) is 55.3 Å². The molecule has 0 unspecified atom stereocenters. The van der Waals surface area contributed by atoms with Crippen LogP contribution in [0.4, 0.5) is 5.69 Å². The topological polar surface area (TPSA) is 64.9 Å². The number of quaternary nitrogens is 1. The Labute approximate surface area is 176 Å². The summed E-state index contributed by atoms with van der Waals surface area (Å²) in [5.74, 6) is 2.55. The minimum Gasteiger partial charge on any atom is -0.495 e. The second-order valence-corrected chi connectivity index (χ2v) is 7.92. The van der Waals surface area contributed by atoms with Crippen molar-refractivity contribution in [3.63, 3.8) is 0 Å². The van der Waals surface area contributed by atoms with Crippen molar-refractivity contribution in [1.29, 1.82) is 0 Å². The first-order chi connectivity index (χ1) is 14.5. The largest absolute Gasteiger partial charge is 0.495 e. The fourth-order valence-electron chi connectivity index (χ4n) is 4.31. The van der Waals surface area contributed by atoms with Crippen LogP contribution in [0, 0.1) is 20.8 Å². The van der Waals surface area contributed by atoms with Gasteiger partial charge >= 0.3 is 0 Å². The van der Waals surface area contributed by atoms with E-state index in [-0.39, 0.29) is 5.78 Å². The maximum absolute atomic E-state index is 13.1. The molecule has 0 amide bonds. The van der Waals surface area contributed by atoms with Crippen LogP contribution < -0.4 is 14.5 Å². The standard InChI is InChI=1S/C23H28N4O3/c1-16-13-19(18(3)27(16)23-14-17(2)30-24-23)21(28)15-25-9-11-26(12-10-25)20-7-5-6-8-22(20)29-4/h5-8,13-14H,9-12,15H2,1-4H3/p+1. The van der Waals surface area contributed by atoms with Gasteiger partial charge in [-0.05, 0) is 39.0 Å². The average molecular weight is 410 g/mol. The van der Waals surface area contributed by atoms with E-state index in [1.807, 2.05) is 55.7 Å². The van der Waals surface area contributed by atoms with E-state index in [1.165, 1.54) is 4.90 Å². The number of anilines is 1. The lowest BCUT2D eigenvalue weighted by Crippen LogP contribution is -3.15. The molecule has 1 saturated heterocycles. The second kappa shape index (κ2) is 8.36. The lowest BCUT2D eigenvalue weighted by atomic mass is 10.1. The maximum Gasteiger partial charge on any atom is 0.218 e. The quantitative estimate of drug-likeness (QED) is 0.631. The van der Waals surface area contributed by atoms with Gasteiger partial charge in [0.05, 0.1) is 39.0 Å². The van der Waals surface area contributed by atoms with Gasteiger partial charge in [0.2, 0.25) is 5.78 Å². The van der Waals surface area contributed by atoms with Gasteiger partial charge < -0.3 is 19.1 Å². The van der Waals surface area contributed by atoms with Gasteiger partial charge in [-0.1, -0.05) is 17.3 Å². The molecule has 2 aromatic heterocycles. The highest BCUT2D eigenvalue weighted by atomic mass is 16.5. The lowest BCUT2D eigenvalue weighted by Gasteiger charge is -2.34. The predicted molar refractivity (Wildman–Crippen MR) is 115 cm³/mol. The second-order valence-electron chi connectivity index (χ2n) is 7.92. The fraction of sp³-hybridized carbons (Fsp3) is 0.391. The molecule has 0 radical (unpaired) electrons. The number of carbonyl (C=O) groups is 1. The van der Waals surface area contributed by atoms with Gasteiger partial charge in [-0.15, -0.1) is 0 Å². The Morgan fingerprint density at radius 2 is 1.90 bits per heavy atom. The van der Waals surface area contributed by atoms with E-state index in [0.29, 0.717) is 6.54 Å². The number of piperazine rings is 1. The van der Waals surface area contributed by atoms with Crippen molar-refractivity contribution in [1.82, 2.24) is 9.72 Å². The summed E-state index contributed by atoms with van der Waals surface area (Å²) in [6, 6.07) is 12.0. The molecule has 7 nitrogen and oxygen atoms in total. The first-order valence-electron chi connectivity index (χ1n) is 10.3. The van der Waals surface area contributed by atoms with E-state index >= 15 is 0 Å². The summed E-state index contributed by atoms with van der Waals surface area (Å²) in [5, 5.41) is 4.10. The van der Waals surface area contributed by atoms with E-state index in [0.717, 1.165) is 66.1 Å². The van der Waals surface area contributed by atoms with Crippen molar-refractivity contribution in [3.05, 3.63) is 59.1 Å². The van der Waals surface area contributed by atoms with Gasteiger partial charge in [0.15, 0.2) is 5.82 Å². The number of rotatable bonds is 6. The number of para-hydroxylation sites is 2. The van der Waals surface area contributed by atoms with Crippen molar-refractivity contribution < 1.29 is 19.0 Å². The van der Waals surface area contributed by atoms with Gasteiger partial charge in [-0.3, -0.25) is 9.36 Å². The number of aryl methyl sites for hydroxylation is 2. The third-order valence-corrected chi connectivity index (χ3v) is 5.88. The molecule has 3 heterocycles. The van der Waals surface area contributed by atoms with Crippen LogP contribution in [0.15, 0.2) is 40.9 Å². The summed E-state index contributed by atoms with van der Waals surface area (Å²) in [4.78, 5) is 16.7. The smallest absolute Gasteiger partial charge is 0.218 e. The van der Waals surface area contributed by atoms with E-state index in [4.69, 9.17) is 9.26 Å². The van der Waals surface area contributed by atoms with Crippen molar-refractivity contribution in [2.75, 3.05) is 44.7 Å². The molecule has 0 bridgehead atoms. The van der Waals surface area contributed by atoms with Crippen LogP contribution in [0.3, 0.4) is 0 Å². The van der Waals surface area contributed by atoms with Gasteiger partial charge in [0, 0.05) is 23.0 Å². The molecule has 1 aliphatic heterocycles. The molecule has 158 valence electrons. The fourth-order valence-corrected chi connectivity index (χ4v) is 4.31. The number of benzene rings is 1. The van der Waals surface area contributed by atoms with Crippen molar-refractivity contribution in [2.45, 2.75) is 20.8 Å². The number of hydrogen-bond donors (Lipinski definition) is 1. The van der Waals surface area contributed by atoms with Crippen LogP contribution in [0.1, 0.15) is 27.5 Å². The van der Waals surface area contributed by atoms with Crippen LogP contribution in [0.2, 0.25) is 0 Å². The molecule has 4 rings (SSSR count). The molecule has 0 saturated carbocycles. The van der Waals surface area contributed by atoms with Crippen molar-refractivity contribution >= 4 is 11.5 Å². The first kappa shape index (κ1) is 20.2. The number of hydrogen-bond acceptors (Lipinski definition) is 5. The SMILES string of the molecule is COc1ccccc1N1CC[NH+](CC(=O)c2cc(C)n(-c3cc(C)on3)c2C)CC1. The Morgan fingerprint density at radius 1 is 1.17 bits per heavy atom. The zero-order valence-corrected chi connectivity index (χ0v) is 18.1. The molecule has 1 aromatic carbocycles. The van der Waals surface area contributed by atoms with Gasteiger partial charge in [0.25, 0.3) is 0 Å². The molecule has 1 fully saturated rings. The van der Waals surface area contributed by atoms with E-state index in [1.54, 1.807) is 7.11 Å². The summed E-state index contributed by atoms with van der Waals surface area (Å²) < 4.78 is 12.7. The number of nitrogens with zero attached hydrogens (tertiary/aromatic N) is 3. The number of carbonyl (C=O) groups excluding carboxylic acids is 1. The molecule has 30 heavy (non-hydrogen) atoms. The normalized spacial score (nSPS) is 14.9. The summed E-state index contributed by atoms with van der Waals surface area (Å²) in [5.41, 5.74) is 3.79. The molecule has 1 aliphatic rings. The van der Waals surface area contributed by atoms with Crippen molar-refractivity contribution in [3.8, 4) is 11.6 Å². The Morgan fingerprint density at radius 3 is 2.57 bits per heavy atom. The molecule has 0 atom stereocenters. The summed E-state index contributed by atoms with van der Waals surface area (Å²) in [7, 11) is 1.70. The summed E-state index contributed by atoms with van der Waals surface area (Å²) in [6.07, 6.45) is 0. The Balaban J connectivity index is 1.42. The van der Waals surface area contributed by atoms with Gasteiger partial charge in [-0.2, -0.15) is 0 Å². The molecule has 1 N–H and O–H groups in total. The first-order valence-corrected chi connectivity index (χ1v) is 10.3. The van der Waals surface area contributed by atoms with Crippen LogP contribution in [0.5, 0.6) is 5.75 Å². The third-order valence-electron chi connectivity index (χ3n) is 5.88. The molecule has 0 aliphatic carbocycles. The van der Waals surface area contributed by atoms with E-state index < -0.39 is 0 Å². The lowest BCUT2D eigenvalue weighted by molar-refractivity contribution is -0.892. The minimum absolute atomic E-state index is 0.176. The maximum atomic E-state index is 13.1. The highest BCUT2D eigenvalue weighted by molar-refractivity contribution is 5.98. The van der Waals surface area contributed by atoms with E-state index in [9.17, 15) is 4.79 Å². The number of ether oxygens (including phenoxy) is 1. The third kappa shape index (κ3) is 3.85. The molecule has 7 heteroatoms. The summed E-state index contributed by atoms with van der Waals surface area (Å²) >= 11 is 0. The monoisotopic (exact) mass is 409 g/mol.